The molecule has 0 saturated heterocycles. The Balaban J connectivity index is 2.32. The lowest BCUT2D eigenvalue weighted by molar-refractivity contribution is -0.226. The third-order valence-electron chi connectivity index (χ3n) is 4.14. The Hall–Kier alpha value is -2.62. The maximum atomic E-state index is 12.6. The monoisotopic (exact) mass is 310 g/mol. The molecule has 2 aromatic rings. The third kappa shape index (κ3) is 2.31. The van der Waals surface area contributed by atoms with E-state index < -0.39 is 23.1 Å². The van der Waals surface area contributed by atoms with Gasteiger partial charge in [-0.3, -0.25) is 9.59 Å². The molecule has 0 N–H and O–H groups in total. The van der Waals surface area contributed by atoms with Crippen LogP contribution in [0.2, 0.25) is 0 Å². The van der Waals surface area contributed by atoms with Gasteiger partial charge in [0.15, 0.2) is 0 Å². The molecule has 1 aliphatic heterocycles. The summed E-state index contributed by atoms with van der Waals surface area (Å²) in [6.07, 6.45) is 0. The Labute approximate surface area is 135 Å². The molecule has 1 aliphatic rings. The van der Waals surface area contributed by atoms with E-state index in [1.165, 1.54) is 6.92 Å². The second kappa shape index (κ2) is 5.23. The lowest BCUT2D eigenvalue weighted by atomic mass is 9.76. The van der Waals surface area contributed by atoms with Crippen molar-refractivity contribution in [3.63, 3.8) is 0 Å². The first-order valence-electron chi connectivity index (χ1n) is 7.46. The van der Waals surface area contributed by atoms with E-state index in [0.29, 0.717) is 11.1 Å². The summed E-state index contributed by atoms with van der Waals surface area (Å²) in [5.41, 5.74) is 1.26. The molecular formula is C19H18O4. The predicted octanol–water partition coefficient (Wildman–Crippen LogP) is 3.29. The van der Waals surface area contributed by atoms with E-state index in [4.69, 9.17) is 9.47 Å². The van der Waals surface area contributed by atoms with Crippen molar-refractivity contribution in [2.45, 2.75) is 32.0 Å². The van der Waals surface area contributed by atoms with Crippen LogP contribution in [0.5, 0.6) is 0 Å². The smallest absolute Gasteiger partial charge is 0.319 e. The minimum Gasteiger partial charge on any atom is -0.414 e. The lowest BCUT2D eigenvalue weighted by Crippen LogP contribution is -2.49. The summed E-state index contributed by atoms with van der Waals surface area (Å²) in [5, 5.41) is 0. The Bertz CT molecular complexity index is 764. The van der Waals surface area contributed by atoms with Crippen molar-refractivity contribution in [1.82, 2.24) is 0 Å². The fraction of sp³-hybridized carbons (Fsp3) is 0.263. The number of fused-ring (bicyclic) bond motifs is 1. The highest BCUT2D eigenvalue weighted by Gasteiger charge is 2.53. The molecule has 0 fully saturated rings. The van der Waals surface area contributed by atoms with Crippen LogP contribution in [0.1, 0.15) is 37.5 Å². The predicted molar refractivity (Wildman–Crippen MR) is 84.5 cm³/mol. The van der Waals surface area contributed by atoms with E-state index in [-0.39, 0.29) is 0 Å². The van der Waals surface area contributed by atoms with Gasteiger partial charge >= 0.3 is 17.7 Å². The Morgan fingerprint density at radius 3 is 2.13 bits per heavy atom. The van der Waals surface area contributed by atoms with Gasteiger partial charge in [0.1, 0.15) is 0 Å². The highest BCUT2D eigenvalue weighted by Crippen LogP contribution is 2.46. The second-order valence-corrected chi connectivity index (χ2v) is 6.14. The van der Waals surface area contributed by atoms with Crippen LogP contribution in [0.15, 0.2) is 54.6 Å². The number of cyclic esters (lactones) is 1. The van der Waals surface area contributed by atoms with Crippen molar-refractivity contribution in [1.29, 1.82) is 0 Å². The van der Waals surface area contributed by atoms with E-state index >= 15 is 0 Å². The summed E-state index contributed by atoms with van der Waals surface area (Å²) < 4.78 is 11.3. The van der Waals surface area contributed by atoms with Crippen LogP contribution in [0.4, 0.5) is 0 Å². The van der Waals surface area contributed by atoms with E-state index in [0.717, 1.165) is 5.56 Å². The van der Waals surface area contributed by atoms with Crippen molar-refractivity contribution in [2.24, 2.45) is 0 Å². The number of hydrogen-bond donors (Lipinski definition) is 0. The topological polar surface area (TPSA) is 52.6 Å². The van der Waals surface area contributed by atoms with Gasteiger partial charge in [0.2, 0.25) is 0 Å². The molecule has 0 spiro atoms. The van der Waals surface area contributed by atoms with Crippen LogP contribution in [0, 0.1) is 0 Å². The number of hydrogen-bond acceptors (Lipinski definition) is 4. The number of carbonyl (C=O) groups excluding carboxylic acids is 2. The molecule has 0 aromatic heterocycles. The fourth-order valence-corrected chi connectivity index (χ4v) is 2.95. The Morgan fingerprint density at radius 2 is 1.52 bits per heavy atom. The molecule has 0 saturated carbocycles. The molecule has 23 heavy (non-hydrogen) atoms. The third-order valence-corrected chi connectivity index (χ3v) is 4.14. The molecule has 0 amide bonds. The van der Waals surface area contributed by atoms with Crippen LogP contribution < -0.4 is 0 Å². The summed E-state index contributed by atoms with van der Waals surface area (Å²) in [7, 11) is 0. The Kier molecular flexibility index (Phi) is 3.48. The summed E-state index contributed by atoms with van der Waals surface area (Å²) in [5.74, 6) is -2.49. The minimum atomic E-state index is -1.55. The molecule has 4 nitrogen and oxygen atoms in total. The average Bonchev–Trinajstić information content (AvgIpc) is 2.53. The van der Waals surface area contributed by atoms with E-state index in [9.17, 15) is 9.59 Å². The second-order valence-electron chi connectivity index (χ2n) is 6.14. The van der Waals surface area contributed by atoms with E-state index in [1.54, 1.807) is 26.0 Å². The van der Waals surface area contributed by atoms with Crippen molar-refractivity contribution < 1.29 is 19.1 Å². The average molecular weight is 310 g/mol. The van der Waals surface area contributed by atoms with Gasteiger partial charge in [-0.25, -0.2) is 0 Å². The molecule has 118 valence electrons. The summed E-state index contributed by atoms with van der Waals surface area (Å²) in [4.78, 5) is 24.4. The molecule has 4 heteroatoms. The molecule has 1 atom stereocenters. The van der Waals surface area contributed by atoms with Crippen molar-refractivity contribution in [3.8, 4) is 0 Å². The molecule has 2 aromatic carbocycles. The first-order chi connectivity index (χ1) is 10.9. The lowest BCUT2D eigenvalue weighted by Gasteiger charge is -2.42. The van der Waals surface area contributed by atoms with Crippen molar-refractivity contribution in [2.75, 3.05) is 0 Å². The summed E-state index contributed by atoms with van der Waals surface area (Å²) in [6.45, 7) is 4.91. The summed E-state index contributed by atoms with van der Waals surface area (Å²) in [6, 6.07) is 16.5. The molecule has 0 bridgehead atoms. The molecule has 1 unspecified atom stereocenters. The zero-order valence-corrected chi connectivity index (χ0v) is 13.3. The van der Waals surface area contributed by atoms with Crippen molar-refractivity contribution >= 4 is 11.9 Å². The van der Waals surface area contributed by atoms with E-state index in [1.807, 2.05) is 42.5 Å². The van der Waals surface area contributed by atoms with Gasteiger partial charge in [0.05, 0.1) is 5.41 Å². The number of esters is 2. The maximum absolute atomic E-state index is 12.6. The van der Waals surface area contributed by atoms with Gasteiger partial charge in [-0.2, -0.15) is 0 Å². The van der Waals surface area contributed by atoms with Gasteiger partial charge in [-0.05, 0) is 19.4 Å². The van der Waals surface area contributed by atoms with Gasteiger partial charge in [-0.15, -0.1) is 0 Å². The van der Waals surface area contributed by atoms with Crippen LogP contribution in [0.25, 0.3) is 0 Å². The van der Waals surface area contributed by atoms with Crippen molar-refractivity contribution in [3.05, 3.63) is 71.3 Å². The molecule has 0 radical (unpaired) electrons. The normalized spacial score (nSPS) is 22.0. The molecule has 3 rings (SSSR count). The highest BCUT2D eigenvalue weighted by atomic mass is 16.7. The quantitative estimate of drug-likeness (QED) is 0.799. The molecule has 0 aliphatic carbocycles. The summed E-state index contributed by atoms with van der Waals surface area (Å²) >= 11 is 0. The zero-order valence-electron chi connectivity index (χ0n) is 13.3. The van der Waals surface area contributed by atoms with Gasteiger partial charge in [-0.1, -0.05) is 54.6 Å². The van der Waals surface area contributed by atoms with Crippen LogP contribution in [-0.2, 0) is 30.3 Å². The highest BCUT2D eigenvalue weighted by molar-refractivity contribution is 5.86. The first kappa shape index (κ1) is 15.3. The van der Waals surface area contributed by atoms with Crippen LogP contribution in [-0.4, -0.2) is 11.9 Å². The zero-order chi connectivity index (χ0) is 16.7. The number of benzene rings is 2. The fourth-order valence-electron chi connectivity index (χ4n) is 2.95. The first-order valence-corrected chi connectivity index (χ1v) is 7.46. The van der Waals surface area contributed by atoms with Gasteiger partial charge < -0.3 is 9.47 Å². The van der Waals surface area contributed by atoms with Gasteiger partial charge in [0.25, 0.3) is 0 Å². The Morgan fingerprint density at radius 1 is 0.957 bits per heavy atom. The van der Waals surface area contributed by atoms with Crippen LogP contribution in [0.3, 0.4) is 0 Å². The number of ether oxygens (including phenoxy) is 2. The number of carbonyl (C=O) groups is 2. The van der Waals surface area contributed by atoms with Gasteiger partial charge in [0, 0.05) is 18.1 Å². The number of rotatable bonds is 2. The SMILES string of the molecule is CC(=O)OC1(c2ccccc2)OC(=O)C(C)(C)c2ccccc21. The van der Waals surface area contributed by atoms with Crippen LogP contribution >= 0.6 is 0 Å². The standard InChI is InChI=1S/C19H18O4/c1-13(20)22-19(14-9-5-4-6-10-14)16-12-8-7-11-15(16)18(2,3)17(21)23-19/h4-12H,1-3H3. The minimum absolute atomic E-state index is 0.429. The largest absolute Gasteiger partial charge is 0.414 e. The van der Waals surface area contributed by atoms with E-state index in [2.05, 4.69) is 0 Å². The maximum Gasteiger partial charge on any atom is 0.319 e. The molecular weight excluding hydrogens is 292 g/mol. The molecule has 1 heterocycles.